The van der Waals surface area contributed by atoms with Crippen molar-refractivity contribution in [3.63, 3.8) is 0 Å². The molecule has 0 aliphatic rings. The molecule has 1 aromatic heterocycles. The standard InChI is InChI=1S/C10H10O.C3H8/c1-2-9-7-8-5-3-4-6-10(8)11-9;1-3-2/h3-7H,2H2,1H3;3H2,1-2H3. The molecule has 0 amide bonds. The number of furan rings is 1. The topological polar surface area (TPSA) is 13.1 Å². The molecule has 0 radical (unpaired) electrons. The molecular formula is C13H18O. The van der Waals surface area contributed by atoms with Gasteiger partial charge >= 0.3 is 0 Å². The normalized spacial score (nSPS) is 9.64. The van der Waals surface area contributed by atoms with Crippen LogP contribution in [0.5, 0.6) is 0 Å². The van der Waals surface area contributed by atoms with Crippen molar-refractivity contribution in [2.24, 2.45) is 0 Å². The quantitative estimate of drug-likeness (QED) is 0.649. The smallest absolute Gasteiger partial charge is 0.134 e. The van der Waals surface area contributed by atoms with E-state index in [1.165, 1.54) is 11.8 Å². The van der Waals surface area contributed by atoms with Crippen LogP contribution >= 0.6 is 0 Å². The lowest BCUT2D eigenvalue weighted by Crippen LogP contribution is -1.67. The summed E-state index contributed by atoms with van der Waals surface area (Å²) < 4.78 is 5.52. The van der Waals surface area contributed by atoms with E-state index in [1.807, 2.05) is 18.2 Å². The summed E-state index contributed by atoms with van der Waals surface area (Å²) in [6.07, 6.45) is 2.22. The SMILES string of the molecule is CCC.CCc1cc2ccccc2o1. The van der Waals surface area contributed by atoms with E-state index in [4.69, 9.17) is 4.42 Å². The molecule has 0 saturated carbocycles. The zero-order valence-corrected chi connectivity index (χ0v) is 9.21. The maximum absolute atomic E-state index is 5.52. The third-order valence-electron chi connectivity index (χ3n) is 1.83. The van der Waals surface area contributed by atoms with Crippen LogP contribution in [0, 0.1) is 0 Å². The van der Waals surface area contributed by atoms with Crippen LogP contribution in [-0.4, -0.2) is 0 Å². The van der Waals surface area contributed by atoms with E-state index in [1.54, 1.807) is 0 Å². The fraction of sp³-hybridized carbons (Fsp3) is 0.385. The Morgan fingerprint density at radius 1 is 1.07 bits per heavy atom. The third-order valence-corrected chi connectivity index (χ3v) is 1.83. The summed E-state index contributed by atoms with van der Waals surface area (Å²) in [5.41, 5.74) is 0.990. The van der Waals surface area contributed by atoms with E-state index in [9.17, 15) is 0 Å². The van der Waals surface area contributed by atoms with Crippen LogP contribution in [0.4, 0.5) is 0 Å². The third kappa shape index (κ3) is 2.63. The van der Waals surface area contributed by atoms with Gasteiger partial charge in [0.1, 0.15) is 11.3 Å². The highest BCUT2D eigenvalue weighted by molar-refractivity contribution is 5.77. The Morgan fingerprint density at radius 3 is 2.29 bits per heavy atom. The lowest BCUT2D eigenvalue weighted by Gasteiger charge is -1.83. The van der Waals surface area contributed by atoms with Crippen LogP contribution in [0.1, 0.15) is 33.0 Å². The second kappa shape index (κ2) is 5.48. The van der Waals surface area contributed by atoms with Gasteiger partial charge in [-0.1, -0.05) is 45.4 Å². The van der Waals surface area contributed by atoms with Crippen molar-refractivity contribution in [2.45, 2.75) is 33.6 Å². The van der Waals surface area contributed by atoms with Gasteiger partial charge in [-0.05, 0) is 12.1 Å². The molecule has 1 heterocycles. The van der Waals surface area contributed by atoms with E-state index in [0.717, 1.165) is 17.8 Å². The van der Waals surface area contributed by atoms with E-state index >= 15 is 0 Å². The van der Waals surface area contributed by atoms with Crippen molar-refractivity contribution in [3.8, 4) is 0 Å². The second-order valence-electron chi connectivity index (χ2n) is 3.31. The summed E-state index contributed by atoms with van der Waals surface area (Å²) in [4.78, 5) is 0. The Kier molecular flexibility index (Phi) is 4.24. The number of hydrogen-bond acceptors (Lipinski definition) is 1. The van der Waals surface area contributed by atoms with Crippen molar-refractivity contribution >= 4 is 11.0 Å². The Labute approximate surface area is 85.7 Å². The first kappa shape index (κ1) is 10.8. The largest absolute Gasteiger partial charge is 0.461 e. The summed E-state index contributed by atoms with van der Waals surface area (Å²) in [5.74, 6) is 1.06. The van der Waals surface area contributed by atoms with Crippen molar-refractivity contribution in [2.75, 3.05) is 0 Å². The summed E-state index contributed by atoms with van der Waals surface area (Å²) in [6, 6.07) is 10.2. The van der Waals surface area contributed by atoms with Crippen LogP contribution < -0.4 is 0 Å². The number of hydrogen-bond donors (Lipinski definition) is 0. The Morgan fingerprint density at radius 2 is 1.71 bits per heavy atom. The minimum Gasteiger partial charge on any atom is -0.461 e. The highest BCUT2D eigenvalue weighted by Gasteiger charge is 1.98. The van der Waals surface area contributed by atoms with Gasteiger partial charge < -0.3 is 4.42 Å². The molecule has 0 aliphatic carbocycles. The molecule has 2 rings (SSSR count). The molecule has 76 valence electrons. The number of fused-ring (bicyclic) bond motifs is 1. The fourth-order valence-corrected chi connectivity index (χ4v) is 1.21. The molecule has 1 nitrogen and oxygen atoms in total. The number of benzene rings is 1. The average molecular weight is 190 g/mol. The first-order valence-corrected chi connectivity index (χ1v) is 5.29. The minimum atomic E-state index is 0.967. The lowest BCUT2D eigenvalue weighted by molar-refractivity contribution is 0.557. The van der Waals surface area contributed by atoms with Gasteiger partial charge in [0.15, 0.2) is 0 Å². The van der Waals surface area contributed by atoms with Gasteiger partial charge in [0.05, 0.1) is 0 Å². The van der Waals surface area contributed by atoms with Crippen LogP contribution in [0.15, 0.2) is 34.7 Å². The van der Waals surface area contributed by atoms with Crippen LogP contribution in [-0.2, 0) is 6.42 Å². The predicted octanol–water partition coefficient (Wildman–Crippen LogP) is 4.41. The lowest BCUT2D eigenvalue weighted by atomic mass is 10.2. The first-order chi connectivity index (χ1) is 6.81. The zero-order valence-electron chi connectivity index (χ0n) is 9.21. The average Bonchev–Trinajstić information content (AvgIpc) is 2.61. The van der Waals surface area contributed by atoms with Gasteiger partial charge in [0, 0.05) is 11.8 Å². The Bertz CT molecular complexity index is 340. The molecule has 14 heavy (non-hydrogen) atoms. The molecule has 0 atom stereocenters. The molecule has 0 unspecified atom stereocenters. The molecule has 1 heteroatoms. The Hall–Kier alpha value is -1.24. The van der Waals surface area contributed by atoms with Crippen molar-refractivity contribution < 1.29 is 4.42 Å². The van der Waals surface area contributed by atoms with Gasteiger partial charge in [-0.25, -0.2) is 0 Å². The van der Waals surface area contributed by atoms with Crippen molar-refractivity contribution in [1.29, 1.82) is 0 Å². The van der Waals surface area contributed by atoms with Crippen LogP contribution in [0.2, 0.25) is 0 Å². The minimum absolute atomic E-state index is 0.967. The zero-order chi connectivity index (χ0) is 10.4. The molecule has 0 aliphatic heterocycles. The molecule has 0 saturated heterocycles. The predicted molar refractivity (Wildman–Crippen MR) is 61.6 cm³/mol. The van der Waals surface area contributed by atoms with Gasteiger partial charge in [0.25, 0.3) is 0 Å². The van der Waals surface area contributed by atoms with E-state index in [-0.39, 0.29) is 0 Å². The molecule has 1 aromatic carbocycles. The Balaban J connectivity index is 0.000000293. The first-order valence-electron chi connectivity index (χ1n) is 5.29. The van der Waals surface area contributed by atoms with Crippen LogP contribution in [0.25, 0.3) is 11.0 Å². The van der Waals surface area contributed by atoms with Crippen molar-refractivity contribution in [3.05, 3.63) is 36.1 Å². The molecule has 2 aromatic rings. The number of rotatable bonds is 1. The maximum Gasteiger partial charge on any atom is 0.134 e. The van der Waals surface area contributed by atoms with Gasteiger partial charge in [0.2, 0.25) is 0 Å². The molecule has 0 fully saturated rings. The van der Waals surface area contributed by atoms with Crippen molar-refractivity contribution in [1.82, 2.24) is 0 Å². The van der Waals surface area contributed by atoms with Gasteiger partial charge in [-0.15, -0.1) is 0 Å². The van der Waals surface area contributed by atoms with E-state index < -0.39 is 0 Å². The molecule has 0 bridgehead atoms. The molecule has 0 spiro atoms. The van der Waals surface area contributed by atoms with Gasteiger partial charge in [-0.2, -0.15) is 0 Å². The highest BCUT2D eigenvalue weighted by Crippen LogP contribution is 2.18. The summed E-state index contributed by atoms with van der Waals surface area (Å²) in [7, 11) is 0. The van der Waals surface area contributed by atoms with E-state index in [2.05, 4.69) is 32.9 Å². The summed E-state index contributed by atoms with van der Waals surface area (Å²) in [6.45, 7) is 6.34. The van der Waals surface area contributed by atoms with Crippen LogP contribution in [0.3, 0.4) is 0 Å². The van der Waals surface area contributed by atoms with Gasteiger partial charge in [-0.3, -0.25) is 0 Å². The monoisotopic (exact) mass is 190 g/mol. The summed E-state index contributed by atoms with van der Waals surface area (Å²) >= 11 is 0. The highest BCUT2D eigenvalue weighted by atomic mass is 16.3. The maximum atomic E-state index is 5.52. The van der Waals surface area contributed by atoms with E-state index in [0.29, 0.717) is 0 Å². The molecule has 0 N–H and O–H groups in total. The second-order valence-corrected chi connectivity index (χ2v) is 3.31. The molecular weight excluding hydrogens is 172 g/mol. The number of para-hydroxylation sites is 1. The summed E-state index contributed by atoms with van der Waals surface area (Å²) in [5, 5.41) is 1.20. The fourth-order valence-electron chi connectivity index (χ4n) is 1.21. The number of aryl methyl sites for hydroxylation is 1.